The number of hydrogen-bond donors (Lipinski definition) is 17. The first-order valence-corrected chi connectivity index (χ1v) is 26.6. The van der Waals surface area contributed by atoms with Gasteiger partial charge in [0.1, 0.15) is 144 Å². The van der Waals surface area contributed by atoms with Crippen molar-refractivity contribution in [2.45, 2.75) is 167 Å². The SMILES string of the molecule is C[C@@H]1O[C@H](Oc2cc(O)c3c(=O)c(O[C@@H]4O[C@@H](C)[C@H](O[C@@H]5O[C@H](CO)[C@@H](O)[C@H](O)[C@H]5O)[C@@H](O[C@@H]5O[C@H](COC(=O)C=Cc6ccc(O)cc6)[C@@H](O)[C@H](O)[C@H]5O)[C@H]4O[C@@H]4O[C@H](CO)[C@@H](O)[C@H](O)[C@H]4O)c(-c4ccc(O)cc4)oc3c2)[C@H](O)[C@H](O)[C@H]1O. The Morgan fingerprint density at radius 1 is 0.518 bits per heavy atom. The van der Waals surface area contributed by atoms with Gasteiger partial charge in [0.15, 0.2) is 30.7 Å². The molecule has 85 heavy (non-hydrogen) atoms. The number of phenolic OH excluding ortho intramolecular Hbond substituents is 3. The zero-order valence-electron chi connectivity index (χ0n) is 44.8. The van der Waals surface area contributed by atoms with Crippen molar-refractivity contribution in [3.05, 3.63) is 82.5 Å². The third-order valence-corrected chi connectivity index (χ3v) is 15.0. The van der Waals surface area contributed by atoms with Crippen molar-refractivity contribution < 1.29 is 148 Å². The largest absolute Gasteiger partial charge is 0.508 e. The Morgan fingerprint density at radius 3 is 1.56 bits per heavy atom. The molecular formula is C54H66O31. The first-order chi connectivity index (χ1) is 40.4. The number of hydrogen-bond acceptors (Lipinski definition) is 31. The number of rotatable bonds is 17. The third-order valence-electron chi connectivity index (χ3n) is 15.0. The van der Waals surface area contributed by atoms with Crippen LogP contribution in [0.2, 0.25) is 0 Å². The van der Waals surface area contributed by atoms with Crippen LogP contribution in [0.25, 0.3) is 28.4 Å². The van der Waals surface area contributed by atoms with E-state index in [0.717, 1.165) is 18.2 Å². The molecule has 25 atom stereocenters. The Labute approximate surface area is 479 Å². The minimum absolute atomic E-state index is 0.0321. The van der Waals surface area contributed by atoms with E-state index in [4.69, 9.17) is 56.5 Å². The second kappa shape index (κ2) is 26.7. The van der Waals surface area contributed by atoms with Crippen LogP contribution in [0.15, 0.2) is 76.0 Å². The summed E-state index contributed by atoms with van der Waals surface area (Å²) >= 11 is 0. The summed E-state index contributed by atoms with van der Waals surface area (Å²) in [4.78, 5) is 28.0. The van der Waals surface area contributed by atoms with Gasteiger partial charge in [-0.1, -0.05) is 12.1 Å². The summed E-state index contributed by atoms with van der Waals surface area (Å²) in [5.74, 6) is -3.85. The van der Waals surface area contributed by atoms with Gasteiger partial charge in [0.25, 0.3) is 0 Å². The lowest BCUT2D eigenvalue weighted by Gasteiger charge is -2.50. The minimum Gasteiger partial charge on any atom is -0.508 e. The maximum atomic E-state index is 15.1. The fourth-order valence-corrected chi connectivity index (χ4v) is 10.1. The predicted molar refractivity (Wildman–Crippen MR) is 276 cm³/mol. The molecule has 0 spiro atoms. The molecule has 31 heteroatoms. The highest BCUT2D eigenvalue weighted by molar-refractivity contribution is 5.88. The second-order valence-corrected chi connectivity index (χ2v) is 20.8. The van der Waals surface area contributed by atoms with Crippen molar-refractivity contribution in [3.8, 4) is 40.1 Å². The maximum absolute atomic E-state index is 15.1. The third kappa shape index (κ3) is 13.4. The van der Waals surface area contributed by atoms with Gasteiger partial charge in [0, 0.05) is 23.8 Å². The molecule has 5 aliphatic rings. The van der Waals surface area contributed by atoms with Crippen LogP contribution >= 0.6 is 0 Å². The number of phenols is 3. The number of aliphatic hydroxyl groups is 14. The highest BCUT2D eigenvalue weighted by atomic mass is 16.8. The number of ether oxygens (including phenoxy) is 11. The van der Waals surface area contributed by atoms with E-state index in [1.54, 1.807) is 0 Å². The van der Waals surface area contributed by atoms with Gasteiger partial charge >= 0.3 is 5.97 Å². The lowest BCUT2D eigenvalue weighted by molar-refractivity contribution is -0.400. The van der Waals surface area contributed by atoms with Crippen LogP contribution in [0.1, 0.15) is 19.4 Å². The topological polar surface area (TPSA) is 493 Å². The number of aliphatic hydroxyl groups excluding tert-OH is 14. The van der Waals surface area contributed by atoms with E-state index >= 15 is 4.79 Å². The van der Waals surface area contributed by atoms with Gasteiger partial charge in [0.2, 0.25) is 23.8 Å². The Bertz CT molecular complexity index is 2980. The van der Waals surface area contributed by atoms with Crippen LogP contribution in [0.4, 0.5) is 0 Å². The Balaban J connectivity index is 1.13. The summed E-state index contributed by atoms with van der Waals surface area (Å²) < 4.78 is 71.9. The van der Waals surface area contributed by atoms with Gasteiger partial charge in [-0.25, -0.2) is 4.79 Å². The summed E-state index contributed by atoms with van der Waals surface area (Å²) in [6, 6.07) is 12.5. The molecule has 0 bridgehead atoms. The zero-order valence-corrected chi connectivity index (χ0v) is 44.8. The molecule has 0 saturated carbocycles. The van der Waals surface area contributed by atoms with Gasteiger partial charge in [-0.15, -0.1) is 0 Å². The second-order valence-electron chi connectivity index (χ2n) is 20.8. The van der Waals surface area contributed by atoms with E-state index in [-0.39, 0.29) is 22.8 Å². The van der Waals surface area contributed by atoms with Crippen LogP contribution in [0.3, 0.4) is 0 Å². The molecule has 0 aliphatic carbocycles. The molecule has 468 valence electrons. The lowest BCUT2D eigenvalue weighted by atomic mass is 9.95. The van der Waals surface area contributed by atoms with Gasteiger partial charge in [-0.05, 0) is 61.9 Å². The first kappa shape index (κ1) is 63.7. The van der Waals surface area contributed by atoms with Gasteiger partial charge in [-0.2, -0.15) is 0 Å². The normalized spacial score (nSPS) is 38.9. The molecule has 5 aliphatic heterocycles. The number of aromatic hydroxyl groups is 3. The highest BCUT2D eigenvalue weighted by Crippen LogP contribution is 2.42. The van der Waals surface area contributed by atoms with Crippen molar-refractivity contribution in [2.75, 3.05) is 19.8 Å². The van der Waals surface area contributed by atoms with Crippen LogP contribution in [-0.2, 0) is 47.4 Å². The average Bonchev–Trinajstić information content (AvgIpc) is 1.86. The number of fused-ring (bicyclic) bond motifs is 1. The number of benzene rings is 3. The Kier molecular flexibility index (Phi) is 20.0. The van der Waals surface area contributed by atoms with E-state index < -0.39 is 213 Å². The van der Waals surface area contributed by atoms with E-state index in [2.05, 4.69) is 0 Å². The number of carbonyl (C=O) groups excluding carboxylic acids is 1. The quantitative estimate of drug-likeness (QED) is 0.0347. The zero-order chi connectivity index (χ0) is 61.5. The predicted octanol–water partition coefficient (Wildman–Crippen LogP) is -5.27. The molecule has 0 unspecified atom stereocenters. The van der Waals surface area contributed by atoms with Crippen molar-refractivity contribution in [3.63, 3.8) is 0 Å². The van der Waals surface area contributed by atoms with Crippen LogP contribution < -0.4 is 14.9 Å². The molecule has 1 aromatic heterocycles. The maximum Gasteiger partial charge on any atom is 0.330 e. The molecule has 0 amide bonds. The monoisotopic (exact) mass is 1210 g/mol. The molecule has 17 N–H and O–H groups in total. The summed E-state index contributed by atoms with van der Waals surface area (Å²) in [5.41, 5.74) is -1.20. The van der Waals surface area contributed by atoms with Gasteiger partial charge in [-0.3, -0.25) is 4.79 Å². The molecule has 6 heterocycles. The van der Waals surface area contributed by atoms with Crippen LogP contribution in [0.5, 0.6) is 28.7 Å². The highest BCUT2D eigenvalue weighted by Gasteiger charge is 2.57. The smallest absolute Gasteiger partial charge is 0.330 e. The van der Waals surface area contributed by atoms with Crippen molar-refractivity contribution in [1.82, 2.24) is 0 Å². The van der Waals surface area contributed by atoms with Crippen LogP contribution in [0, 0.1) is 0 Å². The van der Waals surface area contributed by atoms with Crippen molar-refractivity contribution >= 4 is 23.0 Å². The fourth-order valence-electron chi connectivity index (χ4n) is 10.1. The summed E-state index contributed by atoms with van der Waals surface area (Å²) in [6.07, 6.45) is -45.9. The number of esters is 1. The molecule has 0 radical (unpaired) electrons. The molecule has 9 rings (SSSR count). The van der Waals surface area contributed by atoms with E-state index in [1.807, 2.05) is 0 Å². The molecular weight excluding hydrogens is 1140 g/mol. The summed E-state index contributed by atoms with van der Waals surface area (Å²) in [7, 11) is 0. The van der Waals surface area contributed by atoms with Crippen molar-refractivity contribution in [2.24, 2.45) is 0 Å². The van der Waals surface area contributed by atoms with E-state index in [0.29, 0.717) is 5.56 Å². The summed E-state index contributed by atoms with van der Waals surface area (Å²) in [5, 5.41) is 182. The fraction of sp³-hybridized carbons (Fsp3) is 0.556. The molecule has 31 nitrogen and oxygen atoms in total. The van der Waals surface area contributed by atoms with Crippen LogP contribution in [-0.4, -0.2) is 266 Å². The minimum atomic E-state index is -2.27. The van der Waals surface area contributed by atoms with Gasteiger partial charge < -0.3 is 143 Å². The molecule has 4 aromatic rings. The Morgan fingerprint density at radius 2 is 1.00 bits per heavy atom. The number of carbonyl (C=O) groups is 1. The average molecular weight is 1210 g/mol. The van der Waals surface area contributed by atoms with E-state index in [9.17, 15) is 91.6 Å². The van der Waals surface area contributed by atoms with E-state index in [1.165, 1.54) is 68.5 Å². The first-order valence-electron chi connectivity index (χ1n) is 26.6. The van der Waals surface area contributed by atoms with Gasteiger partial charge in [0.05, 0.1) is 25.4 Å². The lowest BCUT2D eigenvalue weighted by Crippen LogP contribution is -2.68. The van der Waals surface area contributed by atoms with Crippen molar-refractivity contribution in [1.29, 1.82) is 0 Å². The Hall–Kier alpha value is -5.80. The molecule has 3 aromatic carbocycles. The molecule has 5 saturated heterocycles. The summed E-state index contributed by atoms with van der Waals surface area (Å²) in [6.45, 7) is -0.139. The standard InChI is InChI=1S/C54H66O31/c1-18-32(61)37(66)41(70)50(75-18)77-24-13-25(59)31-26(14-24)78-46(21-6-10-23(58)11-7-21)47(36(31)65)83-54-49(85-52-43(72)39(68)34(63)28(16-56)80-52)48(45(19(2)76-54)82-51-42(71)38(67)33(62)27(15-55)79-51)84-53-44(73)40(69)35(64)29(81-53)17-74-30(60)12-5-20-3-8-22(57)9-4-20/h3-14,18-19,27-29,32-35,37-45,48-59,61-64,66-73H,15-17H2,1-2H3/t18-,19-,27+,28+,29+,32-,33+,34+,35+,37+,38-,39-,40-,41+,42+,43+,44+,45-,48+,49+,50+,51-,52-,53-,54-/m0/s1. The molecule has 5 fully saturated rings.